The second kappa shape index (κ2) is 9.42. The molecule has 7 nitrogen and oxygen atoms in total. The zero-order valence-corrected chi connectivity index (χ0v) is 17.6. The van der Waals surface area contributed by atoms with Gasteiger partial charge in [-0.15, -0.1) is 16.6 Å². The number of aromatic nitrogens is 4. The summed E-state index contributed by atoms with van der Waals surface area (Å²) in [5.41, 5.74) is 0.976. The van der Waals surface area contributed by atoms with Crippen molar-refractivity contribution in [3.8, 4) is 29.5 Å². The number of rotatable bonds is 8. The van der Waals surface area contributed by atoms with E-state index < -0.39 is 5.54 Å². The van der Waals surface area contributed by atoms with Gasteiger partial charge in [0.25, 0.3) is 0 Å². The molecule has 3 rings (SSSR count). The highest BCUT2D eigenvalue weighted by Crippen LogP contribution is 2.21. The highest BCUT2D eigenvalue weighted by atomic mass is 35.5. The molecule has 154 valence electrons. The number of carbonyl (C=O) groups is 1. The van der Waals surface area contributed by atoms with Crippen LogP contribution in [0.25, 0.3) is 11.4 Å². The van der Waals surface area contributed by atoms with Crippen LogP contribution in [0, 0.1) is 12.3 Å². The van der Waals surface area contributed by atoms with Crippen molar-refractivity contribution in [1.29, 1.82) is 0 Å². The summed E-state index contributed by atoms with van der Waals surface area (Å²) in [5, 5.41) is 15.7. The normalized spacial score (nSPS) is 12.6. The molecular weight excluding hydrogens is 402 g/mol. The fourth-order valence-electron chi connectivity index (χ4n) is 2.60. The Morgan fingerprint density at radius 3 is 2.67 bits per heavy atom. The number of nitrogens with one attached hydrogen (secondary N) is 1. The monoisotopic (exact) mass is 423 g/mol. The number of tetrazole rings is 1. The molecule has 1 N–H and O–H groups in total. The van der Waals surface area contributed by atoms with Crippen LogP contribution in [0.2, 0.25) is 5.02 Å². The first kappa shape index (κ1) is 21.3. The Labute approximate surface area is 180 Å². The minimum absolute atomic E-state index is 0.0662. The summed E-state index contributed by atoms with van der Waals surface area (Å²) in [6.07, 6.45) is 6.10. The van der Waals surface area contributed by atoms with E-state index in [9.17, 15) is 4.79 Å². The largest absolute Gasteiger partial charge is 0.489 e. The van der Waals surface area contributed by atoms with E-state index in [0.717, 1.165) is 11.1 Å². The Hall–Kier alpha value is -3.37. The van der Waals surface area contributed by atoms with E-state index in [1.54, 1.807) is 6.92 Å². The quantitative estimate of drug-likeness (QED) is 0.561. The minimum Gasteiger partial charge on any atom is -0.489 e. The first-order chi connectivity index (χ1) is 14.4. The summed E-state index contributed by atoms with van der Waals surface area (Å²) >= 11 is 6.14. The number of nitrogens with zero attached hydrogens (tertiary/aromatic N) is 4. The number of hydrogen-bond donors (Lipinski definition) is 1. The molecule has 0 bridgehead atoms. The maximum Gasteiger partial charge on any atom is 0.244 e. The Balaban J connectivity index is 1.60. The van der Waals surface area contributed by atoms with E-state index >= 15 is 0 Å². The molecule has 8 heteroatoms. The molecule has 1 atom stereocenters. The Bertz CT molecular complexity index is 1060. The van der Waals surface area contributed by atoms with Crippen LogP contribution in [0.4, 0.5) is 0 Å². The van der Waals surface area contributed by atoms with E-state index in [1.165, 1.54) is 4.80 Å². The number of terminal acetylenes is 1. The van der Waals surface area contributed by atoms with Crippen LogP contribution >= 0.6 is 11.6 Å². The van der Waals surface area contributed by atoms with Gasteiger partial charge in [-0.05, 0) is 48.9 Å². The average molecular weight is 424 g/mol. The molecule has 1 aromatic heterocycles. The number of halogens is 1. The molecule has 0 radical (unpaired) electrons. The van der Waals surface area contributed by atoms with Crippen LogP contribution in [0.5, 0.6) is 5.75 Å². The third kappa shape index (κ3) is 5.37. The first-order valence-corrected chi connectivity index (χ1v) is 9.83. The van der Waals surface area contributed by atoms with E-state index in [1.807, 2.05) is 55.5 Å². The number of carbonyl (C=O) groups excluding carboxylic acids is 1. The molecule has 0 spiro atoms. The standard InChI is InChI=1S/C22H22ClN5O2/c1-4-22(3,5-2)24-20(29)14-28-26-21(25-27-28)16-10-12-18(13-11-16)30-15-17-8-6-7-9-19(17)23/h1,6-13H,5,14-15H2,2-3H3,(H,24,29)/t22-/m1/s1. The summed E-state index contributed by atoms with van der Waals surface area (Å²) in [4.78, 5) is 13.4. The highest BCUT2D eigenvalue weighted by Gasteiger charge is 2.21. The first-order valence-electron chi connectivity index (χ1n) is 9.45. The second-order valence-corrected chi connectivity index (χ2v) is 7.33. The van der Waals surface area contributed by atoms with Gasteiger partial charge in [-0.2, -0.15) is 4.80 Å². The molecule has 2 aromatic carbocycles. The second-order valence-electron chi connectivity index (χ2n) is 6.93. The van der Waals surface area contributed by atoms with Gasteiger partial charge in [-0.1, -0.05) is 42.6 Å². The van der Waals surface area contributed by atoms with Crippen molar-refractivity contribution in [3.05, 3.63) is 59.1 Å². The maximum atomic E-state index is 12.2. The lowest BCUT2D eigenvalue weighted by Crippen LogP contribution is -2.45. The van der Waals surface area contributed by atoms with Crippen LogP contribution in [0.15, 0.2) is 48.5 Å². The summed E-state index contributed by atoms with van der Waals surface area (Å²) in [6.45, 7) is 4.01. The van der Waals surface area contributed by atoms with E-state index in [4.69, 9.17) is 22.8 Å². The topological polar surface area (TPSA) is 81.9 Å². The van der Waals surface area contributed by atoms with Gasteiger partial charge in [0.2, 0.25) is 11.7 Å². The van der Waals surface area contributed by atoms with Crippen molar-refractivity contribution in [2.75, 3.05) is 0 Å². The maximum absolute atomic E-state index is 12.2. The Morgan fingerprint density at radius 2 is 2.00 bits per heavy atom. The molecule has 0 aliphatic rings. The molecule has 1 heterocycles. The lowest BCUT2D eigenvalue weighted by molar-refractivity contribution is -0.123. The van der Waals surface area contributed by atoms with Gasteiger partial charge >= 0.3 is 0 Å². The lowest BCUT2D eigenvalue weighted by atomic mass is 10.0. The van der Waals surface area contributed by atoms with Gasteiger partial charge in [0.05, 0.1) is 5.54 Å². The summed E-state index contributed by atoms with van der Waals surface area (Å²) in [5.74, 6) is 3.42. The third-order valence-corrected chi connectivity index (χ3v) is 5.01. The van der Waals surface area contributed by atoms with E-state index in [0.29, 0.717) is 29.6 Å². The van der Waals surface area contributed by atoms with Crippen LogP contribution in [-0.4, -0.2) is 31.7 Å². The predicted octanol–water partition coefficient (Wildman–Crippen LogP) is 3.49. The van der Waals surface area contributed by atoms with Crippen LogP contribution < -0.4 is 10.1 Å². The summed E-state index contributed by atoms with van der Waals surface area (Å²) < 4.78 is 5.77. The number of amides is 1. The minimum atomic E-state index is -0.694. The zero-order valence-electron chi connectivity index (χ0n) is 16.8. The smallest absolute Gasteiger partial charge is 0.244 e. The highest BCUT2D eigenvalue weighted by molar-refractivity contribution is 6.31. The van der Waals surface area contributed by atoms with Crippen molar-refractivity contribution in [3.63, 3.8) is 0 Å². The molecule has 30 heavy (non-hydrogen) atoms. The SMILES string of the molecule is C#C[C@](C)(CC)NC(=O)Cn1nnc(-c2ccc(OCc3ccccc3Cl)cc2)n1. The molecule has 0 aliphatic carbocycles. The molecule has 0 aliphatic heterocycles. The van der Waals surface area contributed by atoms with Gasteiger partial charge in [0.1, 0.15) is 18.9 Å². The summed E-state index contributed by atoms with van der Waals surface area (Å²) in [6, 6.07) is 14.8. The number of ether oxygens (including phenoxy) is 1. The van der Waals surface area contributed by atoms with Crippen molar-refractivity contribution >= 4 is 17.5 Å². The van der Waals surface area contributed by atoms with Gasteiger partial charge in [-0.25, -0.2) is 0 Å². The Morgan fingerprint density at radius 1 is 1.27 bits per heavy atom. The molecule has 3 aromatic rings. The fraction of sp³-hybridized carbons (Fsp3) is 0.273. The number of benzene rings is 2. The van der Waals surface area contributed by atoms with Gasteiger partial charge in [-0.3, -0.25) is 4.79 Å². The predicted molar refractivity (Wildman–Crippen MR) is 115 cm³/mol. The van der Waals surface area contributed by atoms with Gasteiger partial charge < -0.3 is 10.1 Å². The molecule has 0 unspecified atom stereocenters. The average Bonchev–Trinajstić information content (AvgIpc) is 3.21. The third-order valence-electron chi connectivity index (χ3n) is 4.64. The van der Waals surface area contributed by atoms with E-state index in [2.05, 4.69) is 26.6 Å². The number of hydrogen-bond acceptors (Lipinski definition) is 5. The van der Waals surface area contributed by atoms with Crippen LogP contribution in [0.3, 0.4) is 0 Å². The van der Waals surface area contributed by atoms with Crippen molar-refractivity contribution in [1.82, 2.24) is 25.5 Å². The summed E-state index contributed by atoms with van der Waals surface area (Å²) in [7, 11) is 0. The fourth-order valence-corrected chi connectivity index (χ4v) is 2.80. The van der Waals surface area contributed by atoms with Gasteiger partial charge in [0, 0.05) is 16.1 Å². The van der Waals surface area contributed by atoms with Gasteiger partial charge in [0.15, 0.2) is 0 Å². The van der Waals surface area contributed by atoms with E-state index in [-0.39, 0.29) is 12.5 Å². The van der Waals surface area contributed by atoms with Crippen LogP contribution in [0.1, 0.15) is 25.8 Å². The van der Waals surface area contributed by atoms with Crippen molar-refractivity contribution < 1.29 is 9.53 Å². The molecular formula is C22H22ClN5O2. The lowest BCUT2D eigenvalue weighted by Gasteiger charge is -2.22. The molecule has 0 saturated heterocycles. The van der Waals surface area contributed by atoms with Crippen LogP contribution in [-0.2, 0) is 17.9 Å². The van der Waals surface area contributed by atoms with Crippen molar-refractivity contribution in [2.45, 2.75) is 39.0 Å². The molecule has 0 fully saturated rings. The van der Waals surface area contributed by atoms with Crippen molar-refractivity contribution in [2.24, 2.45) is 0 Å². The molecule has 1 amide bonds. The Kier molecular flexibility index (Phi) is 6.70. The molecule has 0 saturated carbocycles. The zero-order chi connectivity index (χ0) is 21.6.